The summed E-state index contributed by atoms with van der Waals surface area (Å²) in [7, 11) is 3.04. The van der Waals surface area contributed by atoms with Crippen molar-refractivity contribution in [2.75, 3.05) is 14.2 Å². The lowest BCUT2D eigenvalue weighted by molar-refractivity contribution is -0.142. The smallest absolute Gasteiger partial charge is 0.312 e. The second-order valence-corrected chi connectivity index (χ2v) is 4.03. The van der Waals surface area contributed by atoms with Crippen molar-refractivity contribution in [2.24, 2.45) is 0 Å². The van der Waals surface area contributed by atoms with Crippen molar-refractivity contribution in [3.05, 3.63) is 29.3 Å². The standard InChI is InChI=1S/C14H20O3/c1-5-7-11-8-6-9-12(13(11)16-3)10(2)14(15)17-4/h6,8-10H,5,7H2,1-4H3. The molecule has 1 rings (SSSR count). The number of methoxy groups -OCH3 is 2. The molecule has 0 aliphatic rings. The zero-order valence-corrected chi connectivity index (χ0v) is 10.9. The number of hydrogen-bond acceptors (Lipinski definition) is 3. The Morgan fingerprint density at radius 1 is 1.35 bits per heavy atom. The highest BCUT2D eigenvalue weighted by Crippen LogP contribution is 2.31. The van der Waals surface area contributed by atoms with Crippen LogP contribution in [0.1, 0.15) is 37.3 Å². The van der Waals surface area contributed by atoms with E-state index in [1.807, 2.05) is 25.1 Å². The predicted molar refractivity (Wildman–Crippen MR) is 67.4 cm³/mol. The zero-order chi connectivity index (χ0) is 12.8. The summed E-state index contributed by atoms with van der Waals surface area (Å²) in [6, 6.07) is 5.91. The quantitative estimate of drug-likeness (QED) is 0.737. The molecule has 0 aromatic heterocycles. The molecule has 94 valence electrons. The fraction of sp³-hybridized carbons (Fsp3) is 0.500. The van der Waals surface area contributed by atoms with Gasteiger partial charge < -0.3 is 9.47 Å². The van der Waals surface area contributed by atoms with Gasteiger partial charge in [-0.15, -0.1) is 0 Å². The monoisotopic (exact) mass is 236 g/mol. The average molecular weight is 236 g/mol. The molecule has 3 heteroatoms. The summed E-state index contributed by atoms with van der Waals surface area (Å²) in [6.45, 7) is 3.95. The van der Waals surface area contributed by atoms with Gasteiger partial charge in [0.2, 0.25) is 0 Å². The van der Waals surface area contributed by atoms with Crippen LogP contribution < -0.4 is 4.74 Å². The Morgan fingerprint density at radius 2 is 2.06 bits per heavy atom. The van der Waals surface area contributed by atoms with E-state index >= 15 is 0 Å². The highest BCUT2D eigenvalue weighted by atomic mass is 16.5. The number of para-hydroxylation sites is 1. The maximum absolute atomic E-state index is 11.6. The van der Waals surface area contributed by atoms with Crippen LogP contribution in [-0.4, -0.2) is 20.2 Å². The summed E-state index contributed by atoms with van der Waals surface area (Å²) in [6.07, 6.45) is 2.00. The Hall–Kier alpha value is -1.51. The molecule has 0 bridgehead atoms. The number of hydrogen-bond donors (Lipinski definition) is 0. The summed E-state index contributed by atoms with van der Waals surface area (Å²) in [5.74, 6) is 0.274. The number of rotatable bonds is 5. The van der Waals surface area contributed by atoms with Crippen molar-refractivity contribution in [3.8, 4) is 5.75 Å². The maximum Gasteiger partial charge on any atom is 0.312 e. The van der Waals surface area contributed by atoms with Crippen LogP contribution in [0.4, 0.5) is 0 Å². The minimum absolute atomic E-state index is 0.239. The fourth-order valence-corrected chi connectivity index (χ4v) is 1.96. The summed E-state index contributed by atoms with van der Waals surface area (Å²) < 4.78 is 10.2. The summed E-state index contributed by atoms with van der Waals surface area (Å²) in [5.41, 5.74) is 2.04. The predicted octanol–water partition coefficient (Wildman–Crippen LogP) is 2.92. The van der Waals surface area contributed by atoms with E-state index in [0.29, 0.717) is 0 Å². The van der Waals surface area contributed by atoms with E-state index in [-0.39, 0.29) is 11.9 Å². The largest absolute Gasteiger partial charge is 0.496 e. The molecule has 0 aliphatic heterocycles. The second kappa shape index (κ2) is 6.28. The molecule has 0 aliphatic carbocycles. The molecule has 0 saturated carbocycles. The molecule has 0 N–H and O–H groups in total. The van der Waals surface area contributed by atoms with Gasteiger partial charge in [-0.05, 0) is 18.9 Å². The van der Waals surface area contributed by atoms with Gasteiger partial charge in [-0.3, -0.25) is 4.79 Å². The van der Waals surface area contributed by atoms with Crippen molar-refractivity contribution in [1.29, 1.82) is 0 Å². The molecule has 1 aromatic rings. The van der Waals surface area contributed by atoms with E-state index in [1.165, 1.54) is 7.11 Å². The van der Waals surface area contributed by atoms with Crippen molar-refractivity contribution >= 4 is 5.97 Å². The van der Waals surface area contributed by atoms with Gasteiger partial charge in [0.05, 0.1) is 20.1 Å². The van der Waals surface area contributed by atoms with Gasteiger partial charge in [0.1, 0.15) is 5.75 Å². The SMILES string of the molecule is CCCc1cccc(C(C)C(=O)OC)c1OC. The summed E-state index contributed by atoms with van der Waals surface area (Å²) in [4.78, 5) is 11.6. The Morgan fingerprint density at radius 3 is 2.59 bits per heavy atom. The fourth-order valence-electron chi connectivity index (χ4n) is 1.96. The van der Waals surface area contributed by atoms with Crippen molar-refractivity contribution in [1.82, 2.24) is 0 Å². The van der Waals surface area contributed by atoms with Crippen LogP contribution in [0.3, 0.4) is 0 Å². The van der Waals surface area contributed by atoms with Crippen LogP contribution in [0.5, 0.6) is 5.75 Å². The molecule has 0 radical (unpaired) electrons. The van der Waals surface area contributed by atoms with Crippen molar-refractivity contribution < 1.29 is 14.3 Å². The molecule has 1 atom stereocenters. The zero-order valence-electron chi connectivity index (χ0n) is 10.9. The number of carbonyl (C=O) groups excluding carboxylic acids is 1. The van der Waals surface area contributed by atoms with Crippen LogP contribution in [0.25, 0.3) is 0 Å². The third-order valence-electron chi connectivity index (χ3n) is 2.87. The number of carbonyl (C=O) groups is 1. The first-order valence-corrected chi connectivity index (χ1v) is 5.89. The molecule has 0 amide bonds. The summed E-state index contributed by atoms with van der Waals surface area (Å²) >= 11 is 0. The molecule has 0 heterocycles. The first-order chi connectivity index (χ1) is 8.15. The normalized spacial score (nSPS) is 12.0. The van der Waals surface area contributed by atoms with Gasteiger partial charge in [0.15, 0.2) is 0 Å². The lowest BCUT2D eigenvalue weighted by Gasteiger charge is -2.16. The molecule has 1 unspecified atom stereocenters. The van der Waals surface area contributed by atoms with E-state index in [1.54, 1.807) is 7.11 Å². The first-order valence-electron chi connectivity index (χ1n) is 5.89. The third kappa shape index (κ3) is 2.99. The van der Waals surface area contributed by atoms with Gasteiger partial charge in [-0.2, -0.15) is 0 Å². The number of benzene rings is 1. The molecule has 0 spiro atoms. The van der Waals surface area contributed by atoms with Gasteiger partial charge in [0.25, 0.3) is 0 Å². The highest BCUT2D eigenvalue weighted by molar-refractivity contribution is 5.78. The van der Waals surface area contributed by atoms with Crippen LogP contribution in [0.15, 0.2) is 18.2 Å². The van der Waals surface area contributed by atoms with Crippen LogP contribution >= 0.6 is 0 Å². The van der Waals surface area contributed by atoms with Gasteiger partial charge in [0, 0.05) is 5.56 Å². The van der Waals surface area contributed by atoms with Crippen molar-refractivity contribution in [3.63, 3.8) is 0 Å². The summed E-state index contributed by atoms with van der Waals surface area (Å²) in [5, 5.41) is 0. The number of esters is 1. The maximum atomic E-state index is 11.6. The van der Waals surface area contributed by atoms with Gasteiger partial charge >= 0.3 is 5.97 Å². The topological polar surface area (TPSA) is 35.5 Å². The first kappa shape index (κ1) is 13.6. The minimum Gasteiger partial charge on any atom is -0.496 e. The average Bonchev–Trinajstić information content (AvgIpc) is 2.37. The molecule has 0 fully saturated rings. The molecule has 1 aromatic carbocycles. The van der Waals surface area contributed by atoms with Gasteiger partial charge in [-0.1, -0.05) is 31.5 Å². The molecule has 17 heavy (non-hydrogen) atoms. The van der Waals surface area contributed by atoms with E-state index in [0.717, 1.165) is 29.7 Å². The lowest BCUT2D eigenvalue weighted by Crippen LogP contribution is -2.12. The minimum atomic E-state index is -0.299. The lowest BCUT2D eigenvalue weighted by atomic mass is 9.96. The Balaban J connectivity index is 3.14. The van der Waals surface area contributed by atoms with Crippen LogP contribution in [-0.2, 0) is 16.0 Å². The number of aryl methyl sites for hydroxylation is 1. The van der Waals surface area contributed by atoms with Crippen LogP contribution in [0, 0.1) is 0 Å². The molecule has 3 nitrogen and oxygen atoms in total. The van der Waals surface area contributed by atoms with E-state index in [4.69, 9.17) is 9.47 Å². The van der Waals surface area contributed by atoms with E-state index in [2.05, 4.69) is 6.92 Å². The van der Waals surface area contributed by atoms with E-state index < -0.39 is 0 Å². The van der Waals surface area contributed by atoms with Crippen LogP contribution in [0.2, 0.25) is 0 Å². The second-order valence-electron chi connectivity index (χ2n) is 4.03. The molecule has 0 saturated heterocycles. The highest BCUT2D eigenvalue weighted by Gasteiger charge is 2.21. The van der Waals surface area contributed by atoms with E-state index in [9.17, 15) is 4.79 Å². The van der Waals surface area contributed by atoms with Crippen molar-refractivity contribution in [2.45, 2.75) is 32.6 Å². The Kier molecular flexibility index (Phi) is 5.01. The number of ether oxygens (including phenoxy) is 2. The third-order valence-corrected chi connectivity index (χ3v) is 2.87. The molecular formula is C14H20O3. The Bertz CT molecular complexity index is 385. The van der Waals surface area contributed by atoms with Gasteiger partial charge in [-0.25, -0.2) is 0 Å². The molecular weight excluding hydrogens is 216 g/mol. The Labute approximate surface area is 103 Å².